The van der Waals surface area contributed by atoms with Gasteiger partial charge in [-0.3, -0.25) is 19.3 Å². The van der Waals surface area contributed by atoms with Crippen LogP contribution in [0.3, 0.4) is 0 Å². The molecule has 6 nitrogen and oxygen atoms in total. The number of carbonyl (C=O) groups is 3. The number of piperidine rings is 1. The Morgan fingerprint density at radius 2 is 1.95 bits per heavy atom. The van der Waals surface area contributed by atoms with E-state index >= 15 is 0 Å². The SMILES string of the molecule is CN1C(=O)CC(NCCC(=O)N2CCCCC2)C1=O. The van der Waals surface area contributed by atoms with Gasteiger partial charge in [-0.25, -0.2) is 0 Å². The Morgan fingerprint density at radius 1 is 1.26 bits per heavy atom. The number of imide groups is 1. The highest BCUT2D eigenvalue weighted by Crippen LogP contribution is 2.11. The molecule has 0 aromatic carbocycles. The smallest absolute Gasteiger partial charge is 0.246 e. The maximum absolute atomic E-state index is 11.9. The van der Waals surface area contributed by atoms with Crippen molar-refractivity contribution in [3.05, 3.63) is 0 Å². The van der Waals surface area contributed by atoms with Crippen LogP contribution in [0.2, 0.25) is 0 Å². The van der Waals surface area contributed by atoms with Gasteiger partial charge in [-0.1, -0.05) is 0 Å². The van der Waals surface area contributed by atoms with Gasteiger partial charge in [-0.05, 0) is 19.3 Å². The van der Waals surface area contributed by atoms with Crippen molar-refractivity contribution in [2.45, 2.75) is 38.1 Å². The molecule has 1 N–H and O–H groups in total. The van der Waals surface area contributed by atoms with E-state index in [0.29, 0.717) is 13.0 Å². The molecule has 3 amide bonds. The number of nitrogens with zero attached hydrogens (tertiary/aromatic N) is 2. The highest BCUT2D eigenvalue weighted by Gasteiger charge is 2.35. The quantitative estimate of drug-likeness (QED) is 0.712. The number of carbonyl (C=O) groups excluding carboxylic acids is 3. The zero-order valence-electron chi connectivity index (χ0n) is 11.4. The van der Waals surface area contributed by atoms with E-state index in [9.17, 15) is 14.4 Å². The Labute approximate surface area is 113 Å². The van der Waals surface area contributed by atoms with Crippen LogP contribution in [0.25, 0.3) is 0 Å². The van der Waals surface area contributed by atoms with Crippen molar-refractivity contribution in [3.63, 3.8) is 0 Å². The van der Waals surface area contributed by atoms with Crippen molar-refractivity contribution in [2.75, 3.05) is 26.7 Å². The van der Waals surface area contributed by atoms with E-state index in [1.165, 1.54) is 13.5 Å². The van der Waals surface area contributed by atoms with Gasteiger partial charge in [-0.2, -0.15) is 0 Å². The van der Waals surface area contributed by atoms with Crippen LogP contribution >= 0.6 is 0 Å². The van der Waals surface area contributed by atoms with E-state index in [1.807, 2.05) is 4.90 Å². The fraction of sp³-hybridized carbons (Fsp3) is 0.769. The lowest BCUT2D eigenvalue weighted by molar-refractivity contribution is -0.137. The van der Waals surface area contributed by atoms with Crippen molar-refractivity contribution in [1.82, 2.24) is 15.1 Å². The van der Waals surface area contributed by atoms with Crippen LogP contribution in [-0.2, 0) is 14.4 Å². The molecule has 2 heterocycles. The lowest BCUT2D eigenvalue weighted by atomic mass is 10.1. The summed E-state index contributed by atoms with van der Waals surface area (Å²) in [5.41, 5.74) is 0. The van der Waals surface area contributed by atoms with Gasteiger partial charge in [0.25, 0.3) is 0 Å². The first-order valence-electron chi connectivity index (χ1n) is 6.91. The molecular weight excluding hydrogens is 246 g/mol. The number of hydrogen-bond donors (Lipinski definition) is 1. The molecule has 0 aromatic rings. The molecule has 106 valence electrons. The van der Waals surface area contributed by atoms with Crippen LogP contribution < -0.4 is 5.32 Å². The maximum Gasteiger partial charge on any atom is 0.246 e. The van der Waals surface area contributed by atoms with Crippen LogP contribution in [0.1, 0.15) is 32.1 Å². The summed E-state index contributed by atoms with van der Waals surface area (Å²) in [6, 6.07) is -0.452. The van der Waals surface area contributed by atoms with Crippen LogP contribution in [-0.4, -0.2) is 60.2 Å². The summed E-state index contributed by atoms with van der Waals surface area (Å²) in [7, 11) is 1.49. The fourth-order valence-electron chi connectivity index (χ4n) is 2.57. The van der Waals surface area contributed by atoms with Gasteiger partial charge >= 0.3 is 0 Å². The Bertz CT molecular complexity index is 377. The Balaban J connectivity index is 1.70. The van der Waals surface area contributed by atoms with Crippen molar-refractivity contribution in [2.24, 2.45) is 0 Å². The topological polar surface area (TPSA) is 69.7 Å². The minimum atomic E-state index is -0.452. The van der Waals surface area contributed by atoms with Crippen molar-refractivity contribution >= 4 is 17.7 Å². The molecule has 2 fully saturated rings. The third-order valence-corrected chi connectivity index (χ3v) is 3.82. The van der Waals surface area contributed by atoms with Gasteiger partial charge in [0.1, 0.15) is 0 Å². The lowest BCUT2D eigenvalue weighted by Gasteiger charge is -2.26. The van der Waals surface area contributed by atoms with E-state index in [2.05, 4.69) is 5.32 Å². The van der Waals surface area contributed by atoms with E-state index < -0.39 is 6.04 Å². The normalized spacial score (nSPS) is 24.2. The summed E-state index contributed by atoms with van der Waals surface area (Å²) in [4.78, 5) is 37.9. The van der Waals surface area contributed by atoms with Crippen molar-refractivity contribution in [3.8, 4) is 0 Å². The van der Waals surface area contributed by atoms with Gasteiger partial charge in [0.2, 0.25) is 17.7 Å². The van der Waals surface area contributed by atoms with Crippen LogP contribution in [0.4, 0.5) is 0 Å². The summed E-state index contributed by atoms with van der Waals surface area (Å²) < 4.78 is 0. The molecule has 0 aromatic heterocycles. The average Bonchev–Trinajstić information content (AvgIpc) is 2.67. The number of likely N-dealkylation sites (N-methyl/N-ethyl adjacent to an activating group) is 1. The molecule has 2 rings (SSSR count). The number of likely N-dealkylation sites (tertiary alicyclic amines) is 2. The van der Waals surface area contributed by atoms with Gasteiger partial charge in [-0.15, -0.1) is 0 Å². The molecule has 6 heteroatoms. The first kappa shape index (κ1) is 14.0. The largest absolute Gasteiger partial charge is 0.343 e. The molecule has 1 atom stereocenters. The minimum Gasteiger partial charge on any atom is -0.343 e. The molecule has 0 bridgehead atoms. The monoisotopic (exact) mass is 267 g/mol. The second-order valence-electron chi connectivity index (χ2n) is 5.19. The third kappa shape index (κ3) is 3.32. The molecule has 1 unspecified atom stereocenters. The minimum absolute atomic E-state index is 0.136. The van der Waals surface area contributed by atoms with Gasteiger partial charge in [0.05, 0.1) is 12.5 Å². The molecule has 2 aliphatic rings. The van der Waals surface area contributed by atoms with Crippen LogP contribution in [0.5, 0.6) is 0 Å². The predicted octanol–water partition coefficient (Wildman–Crippen LogP) is -0.264. The molecule has 0 spiro atoms. The number of nitrogens with one attached hydrogen (secondary N) is 1. The fourth-order valence-corrected chi connectivity index (χ4v) is 2.57. The molecule has 19 heavy (non-hydrogen) atoms. The first-order chi connectivity index (χ1) is 9.09. The van der Waals surface area contributed by atoms with Crippen molar-refractivity contribution in [1.29, 1.82) is 0 Å². The Kier molecular flexibility index (Phi) is 4.52. The molecule has 0 radical (unpaired) electrons. The standard InChI is InChI=1S/C13H21N3O3/c1-15-12(18)9-10(13(15)19)14-6-5-11(17)16-7-3-2-4-8-16/h10,14H,2-9H2,1H3. The molecule has 2 aliphatic heterocycles. The van der Waals surface area contributed by atoms with Gasteiger partial charge < -0.3 is 10.2 Å². The summed E-state index contributed by atoms with van der Waals surface area (Å²) in [6.07, 6.45) is 3.96. The maximum atomic E-state index is 11.9. The summed E-state index contributed by atoms with van der Waals surface area (Å²) in [5, 5.41) is 3.00. The highest BCUT2D eigenvalue weighted by molar-refractivity contribution is 6.05. The predicted molar refractivity (Wildman–Crippen MR) is 69.2 cm³/mol. The summed E-state index contributed by atoms with van der Waals surface area (Å²) >= 11 is 0. The zero-order chi connectivity index (χ0) is 13.8. The number of hydrogen-bond acceptors (Lipinski definition) is 4. The lowest BCUT2D eigenvalue weighted by Crippen LogP contribution is -2.41. The molecule has 2 saturated heterocycles. The molecule has 0 saturated carbocycles. The summed E-state index contributed by atoms with van der Waals surface area (Å²) in [6.45, 7) is 2.15. The van der Waals surface area contributed by atoms with E-state index in [4.69, 9.17) is 0 Å². The van der Waals surface area contributed by atoms with Crippen LogP contribution in [0, 0.1) is 0 Å². The summed E-state index contributed by atoms with van der Waals surface area (Å²) in [5.74, 6) is -0.224. The van der Waals surface area contributed by atoms with Gasteiger partial charge in [0, 0.05) is 33.1 Å². The third-order valence-electron chi connectivity index (χ3n) is 3.82. The van der Waals surface area contributed by atoms with Gasteiger partial charge in [0.15, 0.2) is 0 Å². The van der Waals surface area contributed by atoms with E-state index in [1.54, 1.807) is 0 Å². The first-order valence-corrected chi connectivity index (χ1v) is 6.91. The second-order valence-corrected chi connectivity index (χ2v) is 5.19. The Hall–Kier alpha value is -1.43. The van der Waals surface area contributed by atoms with E-state index in [0.717, 1.165) is 30.8 Å². The zero-order valence-corrected chi connectivity index (χ0v) is 11.4. The average molecular weight is 267 g/mol. The Morgan fingerprint density at radius 3 is 2.53 bits per heavy atom. The number of amides is 3. The van der Waals surface area contributed by atoms with Crippen molar-refractivity contribution < 1.29 is 14.4 Å². The highest BCUT2D eigenvalue weighted by atomic mass is 16.2. The molecule has 0 aliphatic carbocycles. The van der Waals surface area contributed by atoms with E-state index in [-0.39, 0.29) is 24.1 Å². The number of rotatable bonds is 4. The second kappa shape index (κ2) is 6.14. The molecular formula is C13H21N3O3. The van der Waals surface area contributed by atoms with Crippen LogP contribution in [0.15, 0.2) is 0 Å².